The van der Waals surface area contributed by atoms with E-state index >= 15 is 0 Å². The molecule has 1 fully saturated rings. The van der Waals surface area contributed by atoms with Crippen LogP contribution in [0.3, 0.4) is 0 Å². The summed E-state index contributed by atoms with van der Waals surface area (Å²) in [5.41, 5.74) is 1.06. The highest BCUT2D eigenvalue weighted by Crippen LogP contribution is 2.30. The molecule has 0 radical (unpaired) electrons. The van der Waals surface area contributed by atoms with Crippen LogP contribution in [-0.4, -0.2) is 24.1 Å². The number of carbonyl (C=O) groups excluding carboxylic acids is 1. The van der Waals surface area contributed by atoms with Crippen molar-refractivity contribution in [3.05, 3.63) is 52.5 Å². The Morgan fingerprint density at radius 3 is 2.86 bits per heavy atom. The van der Waals surface area contributed by atoms with Crippen LogP contribution in [-0.2, 0) is 4.74 Å². The highest BCUT2D eigenvalue weighted by Gasteiger charge is 2.27. The summed E-state index contributed by atoms with van der Waals surface area (Å²) in [6.07, 6.45) is 5.52. The van der Waals surface area contributed by atoms with Crippen molar-refractivity contribution in [2.75, 3.05) is 13.2 Å². The fourth-order valence-corrected chi connectivity index (χ4v) is 3.33. The van der Waals surface area contributed by atoms with Gasteiger partial charge in [-0.25, -0.2) is 0 Å². The molecule has 4 nitrogen and oxygen atoms in total. The first-order valence-electron chi connectivity index (χ1n) is 7.16. The van der Waals surface area contributed by atoms with E-state index in [4.69, 9.17) is 4.74 Å². The third-order valence-electron chi connectivity index (χ3n) is 3.81. The van der Waals surface area contributed by atoms with Crippen molar-refractivity contribution in [3.8, 4) is 0 Å². The zero-order valence-corrected chi connectivity index (χ0v) is 12.5. The quantitative estimate of drug-likeness (QED) is 0.944. The topological polar surface area (TPSA) is 51.2 Å². The molecular formula is C16H18N2O2S. The second-order valence-electron chi connectivity index (χ2n) is 5.16. The maximum atomic E-state index is 12.4. The molecule has 1 unspecified atom stereocenters. The van der Waals surface area contributed by atoms with E-state index in [0.29, 0.717) is 5.92 Å². The van der Waals surface area contributed by atoms with Gasteiger partial charge in [-0.1, -0.05) is 12.1 Å². The number of hydrogen-bond donors (Lipinski definition) is 1. The number of pyridine rings is 1. The first-order valence-corrected chi connectivity index (χ1v) is 8.04. The van der Waals surface area contributed by atoms with Crippen molar-refractivity contribution in [1.82, 2.24) is 10.3 Å². The molecule has 1 amide bonds. The smallest absolute Gasteiger partial charge is 0.261 e. The molecule has 1 aliphatic heterocycles. The van der Waals surface area contributed by atoms with E-state index < -0.39 is 0 Å². The number of nitrogens with one attached hydrogen (secondary N) is 1. The van der Waals surface area contributed by atoms with Gasteiger partial charge in [-0.15, -0.1) is 11.3 Å². The number of rotatable bonds is 4. The van der Waals surface area contributed by atoms with Gasteiger partial charge in [0.15, 0.2) is 0 Å². The first-order chi connectivity index (χ1) is 10.3. The molecule has 0 spiro atoms. The average Bonchev–Trinajstić information content (AvgIpc) is 3.09. The summed E-state index contributed by atoms with van der Waals surface area (Å²) in [5.74, 6) is 0.386. The van der Waals surface area contributed by atoms with Crippen LogP contribution in [0.25, 0.3) is 0 Å². The van der Waals surface area contributed by atoms with Gasteiger partial charge in [0.1, 0.15) is 0 Å². The minimum Gasteiger partial charge on any atom is -0.381 e. The Hall–Kier alpha value is -1.72. The molecule has 0 saturated carbocycles. The minimum absolute atomic E-state index is 0.00259. The lowest BCUT2D eigenvalue weighted by Gasteiger charge is -2.31. The molecule has 0 aromatic carbocycles. The zero-order chi connectivity index (χ0) is 14.5. The molecule has 2 aromatic rings. The standard InChI is InChI=1S/C16H18N2O2S/c19-16(14-4-2-10-21-14)18-15(12-5-8-20-9-6-12)13-3-1-7-17-11-13/h1-4,7,10-12,15H,5-6,8-9H2,(H,18,19). The van der Waals surface area contributed by atoms with Crippen molar-refractivity contribution in [3.63, 3.8) is 0 Å². The van der Waals surface area contributed by atoms with Crippen molar-refractivity contribution < 1.29 is 9.53 Å². The zero-order valence-electron chi connectivity index (χ0n) is 11.7. The second kappa shape index (κ2) is 6.83. The monoisotopic (exact) mass is 302 g/mol. The lowest BCUT2D eigenvalue weighted by molar-refractivity contribution is 0.0514. The second-order valence-corrected chi connectivity index (χ2v) is 6.11. The maximum absolute atomic E-state index is 12.4. The number of hydrogen-bond acceptors (Lipinski definition) is 4. The van der Waals surface area contributed by atoms with E-state index in [1.54, 1.807) is 6.20 Å². The lowest BCUT2D eigenvalue weighted by Crippen LogP contribution is -2.35. The predicted octanol–water partition coefficient (Wildman–Crippen LogP) is 3.04. The molecule has 1 aliphatic rings. The van der Waals surface area contributed by atoms with Crippen LogP contribution < -0.4 is 5.32 Å². The lowest BCUT2D eigenvalue weighted by atomic mass is 9.87. The number of ether oxygens (including phenoxy) is 1. The first kappa shape index (κ1) is 14.2. The van der Waals surface area contributed by atoms with Gasteiger partial charge in [0.2, 0.25) is 0 Å². The van der Waals surface area contributed by atoms with Crippen LogP contribution in [0.4, 0.5) is 0 Å². The maximum Gasteiger partial charge on any atom is 0.261 e. The Balaban J connectivity index is 1.80. The summed E-state index contributed by atoms with van der Waals surface area (Å²) in [7, 11) is 0. The normalized spacial score (nSPS) is 17.3. The SMILES string of the molecule is O=C(NC(c1cccnc1)C1CCOCC1)c1cccs1. The minimum atomic E-state index is -0.00894. The van der Waals surface area contributed by atoms with E-state index in [9.17, 15) is 4.79 Å². The van der Waals surface area contributed by atoms with Gasteiger partial charge < -0.3 is 10.1 Å². The van der Waals surface area contributed by atoms with E-state index in [-0.39, 0.29) is 11.9 Å². The van der Waals surface area contributed by atoms with Crippen molar-refractivity contribution in [1.29, 1.82) is 0 Å². The molecule has 5 heteroatoms. The number of carbonyl (C=O) groups is 1. The Morgan fingerprint density at radius 2 is 2.19 bits per heavy atom. The molecule has 1 atom stereocenters. The van der Waals surface area contributed by atoms with Gasteiger partial charge in [0.05, 0.1) is 10.9 Å². The fourth-order valence-electron chi connectivity index (χ4n) is 2.70. The van der Waals surface area contributed by atoms with Crippen molar-refractivity contribution >= 4 is 17.2 Å². The van der Waals surface area contributed by atoms with Gasteiger partial charge >= 0.3 is 0 Å². The molecule has 3 rings (SSSR count). The summed E-state index contributed by atoms with van der Waals surface area (Å²) >= 11 is 1.46. The number of amides is 1. The Morgan fingerprint density at radius 1 is 1.33 bits per heavy atom. The molecule has 21 heavy (non-hydrogen) atoms. The van der Waals surface area contributed by atoms with Gasteiger partial charge in [-0.2, -0.15) is 0 Å². The Kier molecular flexibility index (Phi) is 4.62. The summed E-state index contributed by atoms with van der Waals surface area (Å²) in [4.78, 5) is 17.3. The predicted molar refractivity (Wildman–Crippen MR) is 82.3 cm³/mol. The van der Waals surface area contributed by atoms with Crippen LogP contribution in [0.5, 0.6) is 0 Å². The van der Waals surface area contributed by atoms with Gasteiger partial charge in [0.25, 0.3) is 5.91 Å². The Labute approximate surface area is 128 Å². The average molecular weight is 302 g/mol. The molecule has 1 saturated heterocycles. The van der Waals surface area contributed by atoms with E-state index in [1.807, 2.05) is 35.8 Å². The summed E-state index contributed by atoms with van der Waals surface area (Å²) in [5, 5.41) is 5.10. The third-order valence-corrected chi connectivity index (χ3v) is 4.68. The molecule has 3 heterocycles. The van der Waals surface area contributed by atoms with Gasteiger partial charge in [0, 0.05) is 25.6 Å². The van der Waals surface area contributed by atoms with E-state index in [1.165, 1.54) is 11.3 Å². The van der Waals surface area contributed by atoms with Crippen LogP contribution in [0.1, 0.15) is 34.1 Å². The number of nitrogens with zero attached hydrogens (tertiary/aromatic N) is 1. The van der Waals surface area contributed by atoms with Crippen LogP contribution >= 0.6 is 11.3 Å². The largest absolute Gasteiger partial charge is 0.381 e. The highest BCUT2D eigenvalue weighted by atomic mass is 32.1. The summed E-state index contributed by atoms with van der Waals surface area (Å²) in [6.45, 7) is 1.52. The molecule has 110 valence electrons. The van der Waals surface area contributed by atoms with Crippen LogP contribution in [0.15, 0.2) is 42.0 Å². The van der Waals surface area contributed by atoms with Crippen LogP contribution in [0, 0.1) is 5.92 Å². The van der Waals surface area contributed by atoms with Gasteiger partial charge in [-0.3, -0.25) is 9.78 Å². The van der Waals surface area contributed by atoms with Gasteiger partial charge in [-0.05, 0) is 41.8 Å². The number of thiophene rings is 1. The molecule has 1 N–H and O–H groups in total. The fraction of sp³-hybridized carbons (Fsp3) is 0.375. The van der Waals surface area contributed by atoms with E-state index in [0.717, 1.165) is 36.5 Å². The molecule has 2 aromatic heterocycles. The third kappa shape index (κ3) is 3.49. The summed E-state index contributed by atoms with van der Waals surface area (Å²) < 4.78 is 5.44. The summed E-state index contributed by atoms with van der Waals surface area (Å²) in [6, 6.07) is 7.69. The Bertz CT molecular complexity index is 565. The molecule has 0 bridgehead atoms. The molecule has 0 aliphatic carbocycles. The van der Waals surface area contributed by atoms with Crippen LogP contribution in [0.2, 0.25) is 0 Å². The number of aromatic nitrogens is 1. The van der Waals surface area contributed by atoms with Crippen molar-refractivity contribution in [2.24, 2.45) is 5.92 Å². The highest BCUT2D eigenvalue weighted by molar-refractivity contribution is 7.12. The van der Waals surface area contributed by atoms with E-state index in [2.05, 4.69) is 10.3 Å². The van der Waals surface area contributed by atoms with Crippen molar-refractivity contribution in [2.45, 2.75) is 18.9 Å². The molecular weight excluding hydrogens is 284 g/mol.